The van der Waals surface area contributed by atoms with Crippen LogP contribution in [0.5, 0.6) is 0 Å². The second-order valence-corrected chi connectivity index (χ2v) is 3.34. The predicted octanol–water partition coefficient (Wildman–Crippen LogP) is 2.43. The van der Waals surface area contributed by atoms with Crippen LogP contribution >= 0.6 is 0 Å². The fourth-order valence-corrected chi connectivity index (χ4v) is 1.40. The molecular formula is C11H12N2. The third-order valence-corrected chi connectivity index (χ3v) is 2.28. The van der Waals surface area contributed by atoms with Crippen molar-refractivity contribution in [1.29, 1.82) is 0 Å². The highest BCUT2D eigenvalue weighted by molar-refractivity contribution is 5.82. The first-order chi connectivity index (χ1) is 6.16. The van der Waals surface area contributed by atoms with E-state index in [0.717, 1.165) is 22.3 Å². The Hall–Kier alpha value is -1.57. The summed E-state index contributed by atoms with van der Waals surface area (Å²) in [5.41, 5.74) is 9.77. The summed E-state index contributed by atoms with van der Waals surface area (Å²) in [6, 6.07) is 7.91. The van der Waals surface area contributed by atoms with Gasteiger partial charge in [0.25, 0.3) is 0 Å². The second kappa shape index (κ2) is 2.73. The molecule has 0 aliphatic rings. The van der Waals surface area contributed by atoms with Crippen LogP contribution in [0.15, 0.2) is 24.3 Å². The molecule has 0 radical (unpaired) electrons. The van der Waals surface area contributed by atoms with Gasteiger partial charge in [0.15, 0.2) is 0 Å². The average Bonchev–Trinajstić information content (AvgIpc) is 2.08. The topological polar surface area (TPSA) is 38.9 Å². The Labute approximate surface area is 77.4 Å². The molecule has 0 saturated carbocycles. The van der Waals surface area contributed by atoms with E-state index in [4.69, 9.17) is 5.73 Å². The van der Waals surface area contributed by atoms with E-state index < -0.39 is 0 Å². The maximum atomic E-state index is 5.68. The lowest BCUT2D eigenvalue weighted by atomic mass is 10.1. The van der Waals surface area contributed by atoms with Crippen molar-refractivity contribution in [3.63, 3.8) is 0 Å². The Morgan fingerprint density at radius 3 is 2.69 bits per heavy atom. The number of fused-ring (bicyclic) bond motifs is 1. The molecule has 66 valence electrons. The summed E-state index contributed by atoms with van der Waals surface area (Å²) >= 11 is 0. The van der Waals surface area contributed by atoms with E-state index in [-0.39, 0.29) is 0 Å². The second-order valence-electron chi connectivity index (χ2n) is 3.34. The first-order valence-electron chi connectivity index (χ1n) is 4.30. The van der Waals surface area contributed by atoms with Gasteiger partial charge in [-0.25, -0.2) is 0 Å². The summed E-state index contributed by atoms with van der Waals surface area (Å²) in [6.45, 7) is 4.08. The SMILES string of the molecule is Cc1cc2cc(N)ccc2nc1C. The lowest BCUT2D eigenvalue weighted by Gasteiger charge is -2.03. The zero-order chi connectivity index (χ0) is 9.42. The molecule has 2 heteroatoms. The van der Waals surface area contributed by atoms with E-state index in [1.54, 1.807) is 0 Å². The highest BCUT2D eigenvalue weighted by Crippen LogP contribution is 2.18. The minimum Gasteiger partial charge on any atom is -0.399 e. The van der Waals surface area contributed by atoms with Gasteiger partial charge in [0.1, 0.15) is 0 Å². The molecule has 2 nitrogen and oxygen atoms in total. The number of rotatable bonds is 0. The zero-order valence-electron chi connectivity index (χ0n) is 7.83. The number of anilines is 1. The molecule has 0 amide bonds. The molecule has 0 fully saturated rings. The molecule has 0 unspecified atom stereocenters. The highest BCUT2D eigenvalue weighted by Gasteiger charge is 1.98. The Balaban J connectivity index is 2.81. The fraction of sp³-hybridized carbons (Fsp3) is 0.182. The Morgan fingerprint density at radius 2 is 1.92 bits per heavy atom. The number of pyridine rings is 1. The normalized spacial score (nSPS) is 10.6. The minimum absolute atomic E-state index is 0.789. The standard InChI is InChI=1S/C11H12N2/c1-7-5-9-6-10(12)3-4-11(9)13-8(7)2/h3-6H,12H2,1-2H3. The molecule has 2 aromatic rings. The van der Waals surface area contributed by atoms with Crippen molar-refractivity contribution in [1.82, 2.24) is 4.98 Å². The highest BCUT2D eigenvalue weighted by atomic mass is 14.7. The van der Waals surface area contributed by atoms with Gasteiger partial charge >= 0.3 is 0 Å². The smallest absolute Gasteiger partial charge is 0.0706 e. The van der Waals surface area contributed by atoms with Crippen LogP contribution < -0.4 is 5.73 Å². The molecule has 0 spiro atoms. The Bertz CT molecular complexity index is 461. The van der Waals surface area contributed by atoms with Crippen LogP contribution in [0.25, 0.3) is 10.9 Å². The average molecular weight is 172 g/mol. The summed E-state index contributed by atoms with van der Waals surface area (Å²) in [5.74, 6) is 0. The van der Waals surface area contributed by atoms with Gasteiger partial charge in [-0.05, 0) is 43.7 Å². The van der Waals surface area contributed by atoms with Gasteiger partial charge in [-0.3, -0.25) is 4.98 Å². The fourth-order valence-electron chi connectivity index (χ4n) is 1.40. The van der Waals surface area contributed by atoms with Gasteiger partial charge in [-0.2, -0.15) is 0 Å². The molecule has 0 atom stereocenters. The van der Waals surface area contributed by atoms with Crippen molar-refractivity contribution in [2.75, 3.05) is 5.73 Å². The summed E-state index contributed by atoms with van der Waals surface area (Å²) < 4.78 is 0. The predicted molar refractivity (Wildman–Crippen MR) is 55.6 cm³/mol. The molecule has 1 aromatic carbocycles. The molecule has 0 aliphatic heterocycles. The number of nitrogens with zero attached hydrogens (tertiary/aromatic N) is 1. The molecule has 1 heterocycles. The van der Waals surface area contributed by atoms with E-state index in [1.807, 2.05) is 25.1 Å². The first kappa shape index (κ1) is 8.05. The van der Waals surface area contributed by atoms with Crippen molar-refractivity contribution in [3.05, 3.63) is 35.5 Å². The monoisotopic (exact) mass is 172 g/mol. The molecule has 0 bridgehead atoms. The van der Waals surface area contributed by atoms with Crippen LogP contribution in [0.2, 0.25) is 0 Å². The van der Waals surface area contributed by atoms with E-state index in [1.165, 1.54) is 5.56 Å². The number of nitrogens with two attached hydrogens (primary N) is 1. The minimum atomic E-state index is 0.789. The van der Waals surface area contributed by atoms with Crippen LogP contribution in [0, 0.1) is 13.8 Å². The number of hydrogen-bond acceptors (Lipinski definition) is 2. The molecule has 1 aromatic heterocycles. The molecular weight excluding hydrogens is 160 g/mol. The number of hydrogen-bond donors (Lipinski definition) is 1. The van der Waals surface area contributed by atoms with Crippen LogP contribution in [0.3, 0.4) is 0 Å². The van der Waals surface area contributed by atoms with Crippen LogP contribution in [-0.2, 0) is 0 Å². The third-order valence-electron chi connectivity index (χ3n) is 2.28. The quantitative estimate of drug-likeness (QED) is 0.620. The van der Waals surface area contributed by atoms with Crippen LogP contribution in [-0.4, -0.2) is 4.98 Å². The first-order valence-corrected chi connectivity index (χ1v) is 4.30. The summed E-state index contributed by atoms with van der Waals surface area (Å²) in [5, 5.41) is 1.11. The summed E-state index contributed by atoms with van der Waals surface area (Å²) in [4.78, 5) is 4.46. The van der Waals surface area contributed by atoms with Crippen LogP contribution in [0.1, 0.15) is 11.3 Å². The summed E-state index contributed by atoms with van der Waals surface area (Å²) in [6.07, 6.45) is 0. The molecule has 0 saturated heterocycles. The lowest BCUT2D eigenvalue weighted by molar-refractivity contribution is 1.20. The molecule has 13 heavy (non-hydrogen) atoms. The largest absolute Gasteiger partial charge is 0.399 e. The van der Waals surface area contributed by atoms with Gasteiger partial charge in [-0.15, -0.1) is 0 Å². The number of nitrogen functional groups attached to an aromatic ring is 1. The number of aromatic nitrogens is 1. The van der Waals surface area contributed by atoms with Crippen molar-refractivity contribution in [3.8, 4) is 0 Å². The maximum absolute atomic E-state index is 5.68. The summed E-state index contributed by atoms with van der Waals surface area (Å²) in [7, 11) is 0. The maximum Gasteiger partial charge on any atom is 0.0706 e. The van der Waals surface area contributed by atoms with Crippen molar-refractivity contribution in [2.45, 2.75) is 13.8 Å². The molecule has 0 aliphatic carbocycles. The van der Waals surface area contributed by atoms with Gasteiger partial charge in [0, 0.05) is 16.8 Å². The van der Waals surface area contributed by atoms with Crippen molar-refractivity contribution >= 4 is 16.6 Å². The van der Waals surface area contributed by atoms with E-state index >= 15 is 0 Å². The van der Waals surface area contributed by atoms with Crippen LogP contribution in [0.4, 0.5) is 5.69 Å². The van der Waals surface area contributed by atoms with Gasteiger partial charge < -0.3 is 5.73 Å². The van der Waals surface area contributed by atoms with Crippen molar-refractivity contribution in [2.24, 2.45) is 0 Å². The van der Waals surface area contributed by atoms with Gasteiger partial charge in [0.2, 0.25) is 0 Å². The Kier molecular flexibility index (Phi) is 1.69. The van der Waals surface area contributed by atoms with Crippen molar-refractivity contribution < 1.29 is 0 Å². The van der Waals surface area contributed by atoms with E-state index in [2.05, 4.69) is 18.0 Å². The number of benzene rings is 1. The Morgan fingerprint density at radius 1 is 1.15 bits per heavy atom. The van der Waals surface area contributed by atoms with Gasteiger partial charge in [-0.1, -0.05) is 0 Å². The molecule has 2 N–H and O–H groups in total. The lowest BCUT2D eigenvalue weighted by Crippen LogP contribution is -1.90. The third kappa shape index (κ3) is 1.35. The van der Waals surface area contributed by atoms with E-state index in [9.17, 15) is 0 Å². The van der Waals surface area contributed by atoms with E-state index in [0.29, 0.717) is 0 Å². The number of aryl methyl sites for hydroxylation is 2. The molecule has 2 rings (SSSR count). The van der Waals surface area contributed by atoms with Gasteiger partial charge in [0.05, 0.1) is 5.52 Å². The zero-order valence-corrected chi connectivity index (χ0v) is 7.83.